The van der Waals surface area contributed by atoms with Gasteiger partial charge in [0.2, 0.25) is 0 Å². The molecule has 0 saturated heterocycles. The Hall–Kier alpha value is -0.610. The number of carboxylic acid groups (broad SMARTS) is 1. The van der Waals surface area contributed by atoms with Crippen LogP contribution in [0.2, 0.25) is 0 Å². The van der Waals surface area contributed by atoms with Crippen LogP contribution in [-0.2, 0) is 4.79 Å². The van der Waals surface area contributed by atoms with Crippen LogP contribution < -0.4 is 16.6 Å². The van der Waals surface area contributed by atoms with Crippen molar-refractivity contribution in [3.63, 3.8) is 0 Å². The van der Waals surface area contributed by atoms with E-state index in [4.69, 9.17) is 11.5 Å². The van der Waals surface area contributed by atoms with Crippen molar-refractivity contribution in [2.75, 3.05) is 6.54 Å². The highest BCUT2D eigenvalue weighted by atomic mass is 16.4. The topological polar surface area (TPSA) is 92.2 Å². The molecule has 4 nitrogen and oxygen atoms in total. The smallest absolute Gasteiger partial charge is 0.0582 e. The quantitative estimate of drug-likeness (QED) is 0.453. The SMILES string of the molecule is NCCC[C@H](N)C(=O)[O-]. The minimum absolute atomic E-state index is 0.402. The normalized spacial score (nSPS) is 13.1. The maximum Gasteiger partial charge on any atom is 0.0582 e. The Bertz CT molecular complexity index is 95.0. The molecule has 9 heavy (non-hydrogen) atoms. The molecule has 0 aliphatic heterocycles. The van der Waals surface area contributed by atoms with Gasteiger partial charge in [-0.15, -0.1) is 0 Å². The summed E-state index contributed by atoms with van der Waals surface area (Å²) in [6.45, 7) is 0.473. The summed E-state index contributed by atoms with van der Waals surface area (Å²) in [4.78, 5) is 9.93. The monoisotopic (exact) mass is 131 g/mol. The second-order valence-corrected chi connectivity index (χ2v) is 1.86. The molecule has 0 radical (unpaired) electrons. The van der Waals surface area contributed by atoms with E-state index in [1.807, 2.05) is 0 Å². The molecule has 4 heteroatoms. The van der Waals surface area contributed by atoms with Crippen LogP contribution >= 0.6 is 0 Å². The molecular weight excluding hydrogens is 120 g/mol. The number of carbonyl (C=O) groups is 1. The third kappa shape index (κ3) is 3.93. The molecule has 0 aromatic rings. The summed E-state index contributed by atoms with van der Waals surface area (Å²) < 4.78 is 0. The Morgan fingerprint density at radius 2 is 2.22 bits per heavy atom. The van der Waals surface area contributed by atoms with Crippen LogP contribution in [0.5, 0.6) is 0 Å². The maximum atomic E-state index is 9.93. The van der Waals surface area contributed by atoms with Gasteiger partial charge in [0.25, 0.3) is 0 Å². The lowest BCUT2D eigenvalue weighted by molar-refractivity contribution is -0.307. The van der Waals surface area contributed by atoms with Gasteiger partial charge in [-0.2, -0.15) is 0 Å². The van der Waals surface area contributed by atoms with Crippen molar-refractivity contribution in [2.24, 2.45) is 11.5 Å². The third-order valence-corrected chi connectivity index (χ3v) is 1.02. The second-order valence-electron chi connectivity index (χ2n) is 1.86. The van der Waals surface area contributed by atoms with Crippen molar-refractivity contribution < 1.29 is 9.90 Å². The predicted octanol–water partition coefficient (Wildman–Crippen LogP) is -2.20. The Morgan fingerprint density at radius 1 is 1.67 bits per heavy atom. The van der Waals surface area contributed by atoms with Gasteiger partial charge in [0.15, 0.2) is 0 Å². The number of hydrogen-bond acceptors (Lipinski definition) is 4. The lowest BCUT2D eigenvalue weighted by atomic mass is 10.2. The predicted molar refractivity (Wildman–Crippen MR) is 31.3 cm³/mol. The molecule has 1 atom stereocenters. The van der Waals surface area contributed by atoms with Crippen LogP contribution in [0.3, 0.4) is 0 Å². The van der Waals surface area contributed by atoms with Gasteiger partial charge in [-0.25, -0.2) is 0 Å². The molecule has 54 valence electrons. The Kier molecular flexibility index (Phi) is 4.00. The van der Waals surface area contributed by atoms with E-state index in [2.05, 4.69) is 0 Å². The zero-order valence-electron chi connectivity index (χ0n) is 5.17. The van der Waals surface area contributed by atoms with Crippen LogP contribution in [0.25, 0.3) is 0 Å². The maximum absolute atomic E-state index is 9.93. The zero-order chi connectivity index (χ0) is 7.28. The first-order valence-electron chi connectivity index (χ1n) is 2.85. The number of carbonyl (C=O) groups excluding carboxylic acids is 1. The molecule has 0 aromatic heterocycles. The van der Waals surface area contributed by atoms with E-state index in [0.717, 1.165) is 0 Å². The van der Waals surface area contributed by atoms with E-state index in [1.54, 1.807) is 0 Å². The fourth-order valence-electron chi connectivity index (χ4n) is 0.456. The van der Waals surface area contributed by atoms with Gasteiger partial charge in [-0.1, -0.05) is 0 Å². The van der Waals surface area contributed by atoms with E-state index in [9.17, 15) is 9.90 Å². The first kappa shape index (κ1) is 8.39. The van der Waals surface area contributed by atoms with Gasteiger partial charge in [-0.05, 0) is 19.4 Å². The van der Waals surface area contributed by atoms with E-state index in [0.29, 0.717) is 19.4 Å². The Labute approximate surface area is 53.8 Å². The van der Waals surface area contributed by atoms with E-state index >= 15 is 0 Å². The van der Waals surface area contributed by atoms with Crippen LogP contribution in [0.15, 0.2) is 0 Å². The van der Waals surface area contributed by atoms with Crippen molar-refractivity contribution >= 4 is 5.97 Å². The van der Waals surface area contributed by atoms with Gasteiger partial charge in [0, 0.05) is 6.04 Å². The van der Waals surface area contributed by atoms with Gasteiger partial charge >= 0.3 is 0 Å². The minimum atomic E-state index is -1.21. The summed E-state index contributed by atoms with van der Waals surface area (Å²) >= 11 is 0. The lowest BCUT2D eigenvalue weighted by Gasteiger charge is -2.10. The molecule has 0 heterocycles. The number of aliphatic carboxylic acids is 1. The number of carboxylic acids is 1. The van der Waals surface area contributed by atoms with Gasteiger partial charge in [0.1, 0.15) is 0 Å². The molecule has 0 rings (SSSR count). The highest BCUT2D eigenvalue weighted by Gasteiger charge is 1.99. The fourth-order valence-corrected chi connectivity index (χ4v) is 0.456. The molecular formula is C5H11N2O2-. The summed E-state index contributed by atoms with van der Waals surface area (Å²) in [5.74, 6) is -1.21. The van der Waals surface area contributed by atoms with Crippen LogP contribution in [0, 0.1) is 0 Å². The Morgan fingerprint density at radius 3 is 2.56 bits per heavy atom. The number of nitrogens with two attached hydrogens (primary N) is 2. The molecule has 0 saturated carbocycles. The van der Waals surface area contributed by atoms with E-state index in [1.165, 1.54) is 0 Å². The molecule has 0 amide bonds. The first-order chi connectivity index (χ1) is 4.18. The third-order valence-electron chi connectivity index (χ3n) is 1.02. The van der Waals surface area contributed by atoms with Crippen LogP contribution in [0.4, 0.5) is 0 Å². The van der Waals surface area contributed by atoms with Gasteiger partial charge in [-0.3, -0.25) is 0 Å². The average Bonchev–Trinajstić information content (AvgIpc) is 1.82. The Balaban J connectivity index is 3.27. The standard InChI is InChI=1S/C5H12N2O2/c6-3-1-2-4(7)5(8)9/h4H,1-3,6-7H2,(H,8,9)/p-1/t4-/m0/s1. The molecule has 0 spiro atoms. The molecule has 0 unspecified atom stereocenters. The van der Waals surface area contributed by atoms with Crippen molar-refractivity contribution in [3.8, 4) is 0 Å². The van der Waals surface area contributed by atoms with Crippen LogP contribution in [0.1, 0.15) is 12.8 Å². The summed E-state index contributed by atoms with van der Waals surface area (Å²) in [6.07, 6.45) is 1.04. The van der Waals surface area contributed by atoms with Gasteiger partial charge in [0.05, 0.1) is 5.97 Å². The fraction of sp³-hybridized carbons (Fsp3) is 0.800. The van der Waals surface area contributed by atoms with E-state index < -0.39 is 12.0 Å². The summed E-state index contributed by atoms with van der Waals surface area (Å²) in [6, 6.07) is -0.853. The molecule has 0 fully saturated rings. The average molecular weight is 131 g/mol. The highest BCUT2D eigenvalue weighted by molar-refractivity contribution is 5.70. The van der Waals surface area contributed by atoms with Crippen molar-refractivity contribution in [1.82, 2.24) is 0 Å². The number of rotatable bonds is 4. The highest BCUT2D eigenvalue weighted by Crippen LogP contribution is 1.89. The molecule has 4 N–H and O–H groups in total. The van der Waals surface area contributed by atoms with Gasteiger partial charge < -0.3 is 21.4 Å². The lowest BCUT2D eigenvalue weighted by Crippen LogP contribution is -2.41. The van der Waals surface area contributed by atoms with Crippen LogP contribution in [-0.4, -0.2) is 18.6 Å². The van der Waals surface area contributed by atoms with Crippen molar-refractivity contribution in [3.05, 3.63) is 0 Å². The molecule has 0 aliphatic carbocycles. The second kappa shape index (κ2) is 4.29. The first-order valence-corrected chi connectivity index (χ1v) is 2.85. The number of hydrogen-bond donors (Lipinski definition) is 2. The summed E-state index contributed by atoms with van der Waals surface area (Å²) in [5.41, 5.74) is 10.2. The van der Waals surface area contributed by atoms with E-state index in [-0.39, 0.29) is 0 Å². The summed E-state index contributed by atoms with van der Waals surface area (Å²) in [5, 5.41) is 9.93. The zero-order valence-corrected chi connectivity index (χ0v) is 5.17. The van der Waals surface area contributed by atoms with Crippen molar-refractivity contribution in [1.29, 1.82) is 0 Å². The summed E-state index contributed by atoms with van der Waals surface area (Å²) in [7, 11) is 0. The molecule has 0 aromatic carbocycles. The van der Waals surface area contributed by atoms with Crippen molar-refractivity contribution in [2.45, 2.75) is 18.9 Å². The molecule has 0 bridgehead atoms. The molecule has 0 aliphatic rings. The largest absolute Gasteiger partial charge is 0.548 e. The minimum Gasteiger partial charge on any atom is -0.548 e.